The lowest BCUT2D eigenvalue weighted by Gasteiger charge is -2.26. The van der Waals surface area contributed by atoms with Gasteiger partial charge < -0.3 is 4.90 Å². The maximum absolute atomic E-state index is 10.7. The van der Waals surface area contributed by atoms with Gasteiger partial charge >= 0.3 is 0 Å². The standard InChI is InChI=1S/C12H15IN2O2/c1-14(9-4-2-3-5-9)10-6-7-12(15(16)17)11(13)8-10/h6-9H,2-5H2,1H3. The van der Waals surface area contributed by atoms with Gasteiger partial charge in [0.05, 0.1) is 8.49 Å². The zero-order valence-electron chi connectivity index (χ0n) is 9.73. The number of rotatable bonds is 3. The Balaban J connectivity index is 2.21. The summed E-state index contributed by atoms with van der Waals surface area (Å²) >= 11 is 2.03. The molecule has 17 heavy (non-hydrogen) atoms. The largest absolute Gasteiger partial charge is 0.372 e. The van der Waals surface area contributed by atoms with Gasteiger partial charge in [0, 0.05) is 24.8 Å². The molecule has 0 N–H and O–H groups in total. The summed E-state index contributed by atoms with van der Waals surface area (Å²) in [5.41, 5.74) is 1.26. The number of hydrogen-bond acceptors (Lipinski definition) is 3. The average molecular weight is 346 g/mol. The summed E-state index contributed by atoms with van der Waals surface area (Å²) in [6, 6.07) is 5.94. The van der Waals surface area contributed by atoms with Crippen LogP contribution < -0.4 is 4.90 Å². The summed E-state index contributed by atoms with van der Waals surface area (Å²) in [6.07, 6.45) is 5.03. The van der Waals surface area contributed by atoms with Crippen molar-refractivity contribution in [3.05, 3.63) is 31.9 Å². The Morgan fingerprint density at radius 2 is 2.06 bits per heavy atom. The molecule has 1 aromatic carbocycles. The number of nitro benzene ring substituents is 1. The van der Waals surface area contributed by atoms with Gasteiger partial charge in [0.2, 0.25) is 0 Å². The number of hydrogen-bond donors (Lipinski definition) is 0. The van der Waals surface area contributed by atoms with Crippen LogP contribution in [-0.4, -0.2) is 18.0 Å². The number of halogens is 1. The second kappa shape index (κ2) is 5.20. The molecule has 0 aliphatic heterocycles. The van der Waals surface area contributed by atoms with E-state index >= 15 is 0 Å². The molecule has 0 bridgehead atoms. The van der Waals surface area contributed by atoms with Crippen LogP contribution in [0.4, 0.5) is 11.4 Å². The van der Waals surface area contributed by atoms with Gasteiger partial charge in [-0.25, -0.2) is 0 Å². The third-order valence-corrected chi connectivity index (χ3v) is 4.27. The molecule has 1 saturated carbocycles. The van der Waals surface area contributed by atoms with Crippen LogP contribution in [0, 0.1) is 13.7 Å². The highest BCUT2D eigenvalue weighted by Gasteiger charge is 2.21. The monoisotopic (exact) mass is 346 g/mol. The van der Waals surface area contributed by atoms with Gasteiger partial charge in [0.25, 0.3) is 5.69 Å². The van der Waals surface area contributed by atoms with Crippen molar-refractivity contribution in [2.24, 2.45) is 0 Å². The van der Waals surface area contributed by atoms with Gasteiger partial charge in [0.15, 0.2) is 0 Å². The van der Waals surface area contributed by atoms with Crippen LogP contribution in [0.25, 0.3) is 0 Å². The second-order valence-corrected chi connectivity index (χ2v) is 5.60. The van der Waals surface area contributed by atoms with Crippen molar-refractivity contribution < 1.29 is 4.92 Å². The first kappa shape index (κ1) is 12.6. The third-order valence-electron chi connectivity index (χ3n) is 3.41. The highest BCUT2D eigenvalue weighted by atomic mass is 127. The van der Waals surface area contributed by atoms with E-state index in [0.717, 1.165) is 5.69 Å². The molecule has 92 valence electrons. The Labute approximate surface area is 114 Å². The predicted molar refractivity (Wildman–Crippen MR) is 76.5 cm³/mol. The number of nitro groups is 1. The normalized spacial score (nSPS) is 16.1. The van der Waals surface area contributed by atoms with E-state index in [1.165, 1.54) is 25.7 Å². The molecule has 0 radical (unpaired) electrons. The summed E-state index contributed by atoms with van der Waals surface area (Å²) in [6.45, 7) is 0. The van der Waals surface area contributed by atoms with Crippen LogP contribution in [0.2, 0.25) is 0 Å². The van der Waals surface area contributed by atoms with Crippen molar-refractivity contribution in [3.63, 3.8) is 0 Å². The molecule has 0 amide bonds. The van der Waals surface area contributed by atoms with Gasteiger partial charge in [-0.2, -0.15) is 0 Å². The first-order chi connectivity index (χ1) is 8.09. The maximum Gasteiger partial charge on any atom is 0.282 e. The minimum Gasteiger partial charge on any atom is -0.372 e. The van der Waals surface area contributed by atoms with Crippen molar-refractivity contribution in [2.75, 3.05) is 11.9 Å². The molecule has 0 heterocycles. The maximum atomic E-state index is 10.7. The molecular weight excluding hydrogens is 331 g/mol. The van der Waals surface area contributed by atoms with E-state index in [-0.39, 0.29) is 10.6 Å². The lowest BCUT2D eigenvalue weighted by atomic mass is 10.2. The summed E-state index contributed by atoms with van der Waals surface area (Å²) in [7, 11) is 2.08. The second-order valence-electron chi connectivity index (χ2n) is 4.44. The molecule has 0 unspecified atom stereocenters. The molecule has 1 aliphatic carbocycles. The summed E-state index contributed by atoms with van der Waals surface area (Å²) in [5, 5.41) is 10.7. The van der Waals surface area contributed by atoms with Crippen molar-refractivity contribution in [2.45, 2.75) is 31.7 Å². The Hall–Kier alpha value is -0.850. The molecule has 1 aromatic rings. The van der Waals surface area contributed by atoms with Gasteiger partial charge in [-0.1, -0.05) is 12.8 Å². The van der Waals surface area contributed by atoms with E-state index in [9.17, 15) is 10.1 Å². The highest BCUT2D eigenvalue weighted by Crippen LogP contribution is 2.30. The third kappa shape index (κ3) is 2.70. The molecule has 2 rings (SSSR count). The minimum absolute atomic E-state index is 0.189. The number of anilines is 1. The van der Waals surface area contributed by atoms with E-state index in [1.807, 2.05) is 34.7 Å². The van der Waals surface area contributed by atoms with Crippen LogP contribution in [0.1, 0.15) is 25.7 Å². The first-order valence-electron chi connectivity index (χ1n) is 5.76. The molecule has 1 aliphatic rings. The van der Waals surface area contributed by atoms with Crippen LogP contribution in [-0.2, 0) is 0 Å². The SMILES string of the molecule is CN(c1ccc([N+](=O)[O-])c(I)c1)C1CCCC1. The molecule has 0 spiro atoms. The lowest BCUT2D eigenvalue weighted by molar-refractivity contribution is -0.385. The van der Waals surface area contributed by atoms with E-state index in [1.54, 1.807) is 6.07 Å². The van der Waals surface area contributed by atoms with E-state index in [4.69, 9.17) is 0 Å². The Bertz CT molecular complexity index is 431. The molecule has 0 atom stereocenters. The van der Waals surface area contributed by atoms with Gasteiger partial charge in [-0.05, 0) is 47.6 Å². The van der Waals surface area contributed by atoms with Crippen LogP contribution in [0.15, 0.2) is 18.2 Å². The van der Waals surface area contributed by atoms with Crippen LogP contribution in [0.5, 0.6) is 0 Å². The fourth-order valence-electron chi connectivity index (χ4n) is 2.37. The molecule has 4 nitrogen and oxygen atoms in total. The number of benzene rings is 1. The molecule has 0 saturated heterocycles. The fraction of sp³-hybridized carbons (Fsp3) is 0.500. The van der Waals surface area contributed by atoms with Gasteiger partial charge in [0.1, 0.15) is 0 Å². The van der Waals surface area contributed by atoms with Crippen LogP contribution in [0.3, 0.4) is 0 Å². The molecule has 5 heteroatoms. The van der Waals surface area contributed by atoms with E-state index in [0.29, 0.717) is 9.61 Å². The molecule has 0 aromatic heterocycles. The van der Waals surface area contributed by atoms with Crippen LogP contribution >= 0.6 is 22.6 Å². The summed E-state index contributed by atoms with van der Waals surface area (Å²) < 4.78 is 0.704. The van der Waals surface area contributed by atoms with Crippen molar-refractivity contribution in [1.82, 2.24) is 0 Å². The Kier molecular flexibility index (Phi) is 3.86. The van der Waals surface area contributed by atoms with Crippen molar-refractivity contribution in [3.8, 4) is 0 Å². The predicted octanol–water partition coefficient (Wildman–Crippen LogP) is 3.58. The smallest absolute Gasteiger partial charge is 0.282 e. The summed E-state index contributed by atoms with van der Waals surface area (Å²) in [5.74, 6) is 0. The first-order valence-corrected chi connectivity index (χ1v) is 6.84. The Morgan fingerprint density at radius 3 is 2.59 bits per heavy atom. The molecular formula is C12H15IN2O2. The van der Waals surface area contributed by atoms with Crippen molar-refractivity contribution >= 4 is 34.0 Å². The van der Waals surface area contributed by atoms with Gasteiger partial charge in [-0.3, -0.25) is 10.1 Å². The quantitative estimate of drug-likeness (QED) is 0.478. The highest BCUT2D eigenvalue weighted by molar-refractivity contribution is 14.1. The summed E-state index contributed by atoms with van der Waals surface area (Å²) in [4.78, 5) is 12.7. The zero-order chi connectivity index (χ0) is 12.4. The van der Waals surface area contributed by atoms with E-state index < -0.39 is 0 Å². The lowest BCUT2D eigenvalue weighted by Crippen LogP contribution is -2.28. The van der Waals surface area contributed by atoms with E-state index in [2.05, 4.69) is 11.9 Å². The zero-order valence-corrected chi connectivity index (χ0v) is 11.9. The molecule has 1 fully saturated rings. The fourth-order valence-corrected chi connectivity index (χ4v) is 3.06. The topological polar surface area (TPSA) is 46.4 Å². The average Bonchev–Trinajstić information content (AvgIpc) is 2.80. The van der Waals surface area contributed by atoms with Gasteiger partial charge in [-0.15, -0.1) is 0 Å². The number of nitrogens with zero attached hydrogens (tertiary/aromatic N) is 2. The minimum atomic E-state index is -0.332. The van der Waals surface area contributed by atoms with Crippen molar-refractivity contribution in [1.29, 1.82) is 0 Å². The Morgan fingerprint density at radius 1 is 1.41 bits per heavy atom.